The Hall–Kier alpha value is -2.46. The number of benzene rings is 1. The van der Waals surface area contributed by atoms with Gasteiger partial charge in [-0.2, -0.15) is 0 Å². The van der Waals surface area contributed by atoms with Gasteiger partial charge >= 0.3 is 0 Å². The summed E-state index contributed by atoms with van der Waals surface area (Å²) in [6, 6.07) is 4.98. The van der Waals surface area contributed by atoms with Crippen LogP contribution in [0.5, 0.6) is 0 Å². The summed E-state index contributed by atoms with van der Waals surface area (Å²) in [7, 11) is -0.530. The minimum absolute atomic E-state index is 0.0640. The van der Waals surface area contributed by atoms with E-state index in [1.54, 1.807) is 18.2 Å². The molecule has 1 aromatic carbocycles. The molecule has 1 saturated carbocycles. The second kappa shape index (κ2) is 8.82. The maximum atomic E-state index is 12.8. The summed E-state index contributed by atoms with van der Waals surface area (Å²) < 4.78 is 28.1. The van der Waals surface area contributed by atoms with Gasteiger partial charge in [0.1, 0.15) is 5.82 Å². The van der Waals surface area contributed by atoms with Crippen LogP contribution in [0.4, 0.5) is 0 Å². The van der Waals surface area contributed by atoms with E-state index < -0.39 is 10.0 Å². The number of rotatable bonds is 7. The van der Waals surface area contributed by atoms with E-state index in [1.807, 2.05) is 21.3 Å². The molecule has 1 aliphatic heterocycles. The molecular formula is C22H31N5O4S. The lowest BCUT2D eigenvalue weighted by molar-refractivity contribution is -0.140. The Labute approximate surface area is 189 Å². The summed E-state index contributed by atoms with van der Waals surface area (Å²) >= 11 is 0. The van der Waals surface area contributed by atoms with Gasteiger partial charge in [0.2, 0.25) is 21.8 Å². The number of aromatic nitrogens is 2. The maximum Gasteiger partial charge on any atom is 0.242 e. The molecule has 0 bridgehead atoms. The smallest absolute Gasteiger partial charge is 0.242 e. The predicted molar refractivity (Wildman–Crippen MR) is 120 cm³/mol. The van der Waals surface area contributed by atoms with Crippen LogP contribution in [0.3, 0.4) is 0 Å². The molecule has 4 rings (SSSR count). The first-order chi connectivity index (χ1) is 15.2. The van der Waals surface area contributed by atoms with Crippen LogP contribution in [0.15, 0.2) is 23.1 Å². The molecule has 2 fully saturated rings. The second-order valence-electron chi connectivity index (χ2n) is 8.69. The van der Waals surface area contributed by atoms with E-state index in [4.69, 9.17) is 0 Å². The Morgan fingerprint density at radius 3 is 2.34 bits per heavy atom. The van der Waals surface area contributed by atoms with Gasteiger partial charge in [-0.05, 0) is 38.0 Å². The van der Waals surface area contributed by atoms with Gasteiger partial charge in [-0.3, -0.25) is 9.59 Å². The number of hydrogen-bond donors (Lipinski definition) is 0. The molecule has 0 spiro atoms. The molecule has 1 aliphatic carbocycles. The highest BCUT2D eigenvalue weighted by Gasteiger charge is 2.35. The van der Waals surface area contributed by atoms with Gasteiger partial charge in [0.25, 0.3) is 0 Å². The summed E-state index contributed by atoms with van der Waals surface area (Å²) in [5.74, 6) is 1.30. The minimum atomic E-state index is -3.54. The Bertz CT molecular complexity index is 1130. The second-order valence-corrected chi connectivity index (χ2v) is 10.8. The highest BCUT2D eigenvalue weighted by Crippen LogP contribution is 2.31. The molecule has 1 saturated heterocycles. The average Bonchev–Trinajstić information content (AvgIpc) is 3.57. The van der Waals surface area contributed by atoms with Crippen molar-refractivity contribution in [3.8, 4) is 0 Å². The van der Waals surface area contributed by atoms with E-state index in [1.165, 1.54) is 18.4 Å². The number of carbonyl (C=O) groups excluding carboxylic acids is 2. The number of piperazine rings is 1. The number of imidazole rings is 1. The minimum Gasteiger partial charge on any atom is -0.339 e. The van der Waals surface area contributed by atoms with Crippen LogP contribution in [-0.4, -0.2) is 84.2 Å². The first-order valence-electron chi connectivity index (χ1n) is 11.2. The zero-order valence-electron chi connectivity index (χ0n) is 19.0. The predicted octanol–water partition coefficient (Wildman–Crippen LogP) is 1.32. The first kappa shape index (κ1) is 22.7. The Morgan fingerprint density at radius 2 is 1.75 bits per heavy atom. The van der Waals surface area contributed by atoms with Crippen LogP contribution >= 0.6 is 0 Å². The topological polar surface area (TPSA) is 95.8 Å². The summed E-state index contributed by atoms with van der Waals surface area (Å²) in [5.41, 5.74) is 1.48. The largest absolute Gasteiger partial charge is 0.339 e. The number of hydrogen-bond acceptors (Lipinski definition) is 5. The molecule has 1 aromatic heterocycles. The van der Waals surface area contributed by atoms with Crippen LogP contribution in [0.2, 0.25) is 0 Å². The van der Waals surface area contributed by atoms with E-state index in [0.29, 0.717) is 51.1 Å². The molecule has 0 radical (unpaired) electrons. The molecule has 2 amide bonds. The SMILES string of the molecule is CCn1c(CCC(=O)N2CCN(C(=O)C3CC3)CC2)nc2cc(S(=O)(=O)N(C)C)ccc21. The third-order valence-corrected chi connectivity index (χ3v) is 8.14. The summed E-state index contributed by atoms with van der Waals surface area (Å²) in [6.45, 7) is 5.06. The summed E-state index contributed by atoms with van der Waals surface area (Å²) in [6.07, 6.45) is 2.82. The molecule has 32 heavy (non-hydrogen) atoms. The van der Waals surface area contributed by atoms with Gasteiger partial charge in [-0.25, -0.2) is 17.7 Å². The van der Waals surface area contributed by atoms with E-state index in [9.17, 15) is 18.0 Å². The molecular weight excluding hydrogens is 430 g/mol. The van der Waals surface area contributed by atoms with Crippen molar-refractivity contribution in [2.75, 3.05) is 40.3 Å². The zero-order valence-corrected chi connectivity index (χ0v) is 19.8. The molecule has 2 aromatic rings. The molecule has 2 aliphatic rings. The van der Waals surface area contributed by atoms with Gasteiger partial charge in [-0.1, -0.05) is 0 Å². The van der Waals surface area contributed by atoms with Crippen molar-refractivity contribution in [2.24, 2.45) is 5.92 Å². The molecule has 0 N–H and O–H groups in total. The average molecular weight is 462 g/mol. The lowest BCUT2D eigenvalue weighted by Crippen LogP contribution is -2.51. The number of aryl methyl sites for hydroxylation is 2. The van der Waals surface area contributed by atoms with E-state index in [2.05, 4.69) is 4.98 Å². The highest BCUT2D eigenvalue weighted by atomic mass is 32.2. The fraction of sp³-hybridized carbons (Fsp3) is 0.591. The lowest BCUT2D eigenvalue weighted by Gasteiger charge is -2.35. The Balaban J connectivity index is 1.42. The van der Waals surface area contributed by atoms with Gasteiger partial charge in [-0.15, -0.1) is 0 Å². The van der Waals surface area contributed by atoms with Crippen molar-refractivity contribution >= 4 is 32.9 Å². The summed E-state index contributed by atoms with van der Waals surface area (Å²) in [5, 5.41) is 0. The zero-order chi connectivity index (χ0) is 23.0. The van der Waals surface area contributed by atoms with E-state index in [-0.39, 0.29) is 22.6 Å². The first-order valence-corrected chi connectivity index (χ1v) is 12.6. The van der Waals surface area contributed by atoms with Gasteiger partial charge in [0, 0.05) is 65.6 Å². The molecule has 9 nitrogen and oxygen atoms in total. The molecule has 0 unspecified atom stereocenters. The highest BCUT2D eigenvalue weighted by molar-refractivity contribution is 7.89. The number of fused-ring (bicyclic) bond motifs is 1. The molecule has 2 heterocycles. The number of sulfonamides is 1. The summed E-state index contributed by atoms with van der Waals surface area (Å²) in [4.78, 5) is 33.5. The van der Waals surface area contributed by atoms with E-state index in [0.717, 1.165) is 24.2 Å². The van der Waals surface area contributed by atoms with Crippen LogP contribution < -0.4 is 0 Å². The van der Waals surface area contributed by atoms with Crippen LogP contribution in [0.1, 0.15) is 32.0 Å². The molecule has 10 heteroatoms. The number of amides is 2. The third kappa shape index (κ3) is 4.38. The van der Waals surface area contributed by atoms with Gasteiger partial charge in [0.05, 0.1) is 15.9 Å². The number of nitrogens with zero attached hydrogens (tertiary/aromatic N) is 5. The number of carbonyl (C=O) groups is 2. The normalized spacial score (nSPS) is 17.4. The van der Waals surface area contributed by atoms with Crippen LogP contribution in [0.25, 0.3) is 11.0 Å². The van der Waals surface area contributed by atoms with Gasteiger partial charge in [0.15, 0.2) is 0 Å². The van der Waals surface area contributed by atoms with Crippen LogP contribution in [-0.2, 0) is 32.6 Å². The lowest BCUT2D eigenvalue weighted by atomic mass is 10.2. The van der Waals surface area contributed by atoms with Gasteiger partial charge < -0.3 is 14.4 Å². The van der Waals surface area contributed by atoms with Crippen molar-refractivity contribution < 1.29 is 18.0 Å². The molecule has 174 valence electrons. The van der Waals surface area contributed by atoms with Crippen molar-refractivity contribution in [1.82, 2.24) is 23.7 Å². The van der Waals surface area contributed by atoms with Crippen molar-refractivity contribution in [3.63, 3.8) is 0 Å². The third-order valence-electron chi connectivity index (χ3n) is 6.33. The monoisotopic (exact) mass is 461 g/mol. The van der Waals surface area contributed by atoms with Crippen molar-refractivity contribution in [2.45, 2.75) is 44.0 Å². The molecule has 0 atom stereocenters. The Kier molecular flexibility index (Phi) is 6.26. The van der Waals surface area contributed by atoms with Crippen molar-refractivity contribution in [1.29, 1.82) is 0 Å². The Morgan fingerprint density at radius 1 is 1.09 bits per heavy atom. The quantitative estimate of drug-likeness (QED) is 0.620. The van der Waals surface area contributed by atoms with Crippen molar-refractivity contribution in [3.05, 3.63) is 24.0 Å². The fourth-order valence-corrected chi connectivity index (χ4v) is 5.14. The van der Waals surface area contributed by atoms with Crippen LogP contribution in [0, 0.1) is 5.92 Å². The maximum absolute atomic E-state index is 12.8. The fourth-order valence-electron chi connectivity index (χ4n) is 4.22. The standard InChI is InChI=1S/C22H31N5O4S/c1-4-27-19-8-7-17(32(30,31)24(2)3)15-18(19)23-20(27)9-10-21(28)25-11-13-26(14-12-25)22(29)16-5-6-16/h7-8,15-16H,4-6,9-14H2,1-3H3. The van der Waals surface area contributed by atoms with E-state index >= 15 is 0 Å².